The highest BCUT2D eigenvalue weighted by atomic mass is 19.4. The first-order valence-corrected chi connectivity index (χ1v) is 11.5. The highest BCUT2D eigenvalue weighted by Gasteiger charge is 2.39. The van der Waals surface area contributed by atoms with E-state index in [1.54, 1.807) is 6.92 Å². The van der Waals surface area contributed by atoms with Crippen LogP contribution in [0.3, 0.4) is 0 Å². The zero-order valence-corrected chi connectivity index (χ0v) is 20.5. The van der Waals surface area contributed by atoms with E-state index in [9.17, 15) is 31.1 Å². The Kier molecular flexibility index (Phi) is 7.28. The third-order valence-corrected chi connectivity index (χ3v) is 6.19. The predicted octanol–water partition coefficient (Wildman–Crippen LogP) is 6.54. The van der Waals surface area contributed by atoms with Crippen LogP contribution < -0.4 is 9.64 Å². The van der Waals surface area contributed by atoms with Gasteiger partial charge in [-0.2, -0.15) is 18.4 Å². The number of rotatable bonds is 6. The number of carbonyl (C=O) groups excluding carboxylic acids is 1. The summed E-state index contributed by atoms with van der Waals surface area (Å²) < 4.78 is 82.2. The number of benzene rings is 2. The number of likely N-dealkylation sites (N-methyl/N-ethyl adjacent to an activating group) is 1. The fourth-order valence-electron chi connectivity index (χ4n) is 4.18. The molecule has 4 rings (SSSR count). The number of amides is 1. The van der Waals surface area contributed by atoms with Crippen molar-refractivity contribution in [3.63, 3.8) is 0 Å². The summed E-state index contributed by atoms with van der Waals surface area (Å²) in [5, 5.41) is 9.12. The third-order valence-electron chi connectivity index (χ3n) is 6.19. The molecule has 0 radical (unpaired) electrons. The van der Waals surface area contributed by atoms with Crippen molar-refractivity contribution in [2.24, 2.45) is 0 Å². The van der Waals surface area contributed by atoms with Crippen LogP contribution in [0.5, 0.6) is 5.75 Å². The Bertz CT molecular complexity index is 1440. The van der Waals surface area contributed by atoms with Crippen molar-refractivity contribution in [2.45, 2.75) is 31.5 Å². The molecular weight excluding hydrogens is 526 g/mol. The van der Waals surface area contributed by atoms with Crippen molar-refractivity contribution in [3.8, 4) is 11.8 Å². The van der Waals surface area contributed by atoms with Crippen molar-refractivity contribution in [1.82, 2.24) is 9.88 Å². The Balaban J connectivity index is 1.74. The van der Waals surface area contributed by atoms with Gasteiger partial charge in [0.1, 0.15) is 17.1 Å². The lowest BCUT2D eigenvalue weighted by atomic mass is 10.1. The standard InChI is InChI=1S/C27H20F6N4O2/c1-16(21-7-4-8-24(35-21)26(28,29)30)36(2)23-14-22(18-5-3-6-20(13-18)39-27(31,32)33)37(25(23)38)19-11-9-17(15-34)10-12-19/h3-14,16,22H,1-2H3/t16?,22-/m1/s1. The molecule has 3 aromatic rings. The van der Waals surface area contributed by atoms with Crippen LogP contribution in [0.2, 0.25) is 0 Å². The van der Waals surface area contributed by atoms with Crippen molar-refractivity contribution >= 4 is 11.6 Å². The molecule has 2 heterocycles. The summed E-state index contributed by atoms with van der Waals surface area (Å²) in [6.07, 6.45) is -8.07. The number of anilines is 1. The molecule has 39 heavy (non-hydrogen) atoms. The number of pyridine rings is 1. The van der Waals surface area contributed by atoms with Crippen LogP contribution in [-0.2, 0) is 11.0 Å². The van der Waals surface area contributed by atoms with Gasteiger partial charge in [-0.25, -0.2) is 4.98 Å². The van der Waals surface area contributed by atoms with Gasteiger partial charge in [0.2, 0.25) is 0 Å². The van der Waals surface area contributed by atoms with Crippen molar-refractivity contribution < 1.29 is 35.9 Å². The molecule has 1 amide bonds. The largest absolute Gasteiger partial charge is 0.573 e. The Hall–Kier alpha value is -4.53. The van der Waals surface area contributed by atoms with Gasteiger partial charge >= 0.3 is 12.5 Å². The molecule has 0 bridgehead atoms. The van der Waals surface area contributed by atoms with Gasteiger partial charge in [-0.3, -0.25) is 9.69 Å². The van der Waals surface area contributed by atoms with E-state index in [1.165, 1.54) is 71.5 Å². The topological polar surface area (TPSA) is 69.5 Å². The van der Waals surface area contributed by atoms with Gasteiger partial charge in [0.15, 0.2) is 0 Å². The molecular formula is C27H20F6N4O2. The maximum Gasteiger partial charge on any atom is 0.573 e. The lowest BCUT2D eigenvalue weighted by Crippen LogP contribution is -2.34. The number of halogens is 6. The van der Waals surface area contributed by atoms with Gasteiger partial charge in [0.05, 0.1) is 29.4 Å². The number of nitriles is 1. The highest BCUT2D eigenvalue weighted by Crippen LogP contribution is 2.40. The average Bonchev–Trinajstić information content (AvgIpc) is 3.23. The smallest absolute Gasteiger partial charge is 0.406 e. The van der Waals surface area contributed by atoms with E-state index in [0.717, 1.165) is 18.2 Å². The van der Waals surface area contributed by atoms with Crippen molar-refractivity contribution in [2.75, 3.05) is 11.9 Å². The van der Waals surface area contributed by atoms with Crippen molar-refractivity contribution in [3.05, 3.63) is 101 Å². The van der Waals surface area contributed by atoms with E-state index >= 15 is 0 Å². The SMILES string of the molecule is CC(c1cccc(C(F)(F)F)n1)N(C)C1=C[C@H](c2cccc(OC(F)(F)F)c2)N(c2ccc(C#N)cc2)C1=O. The molecule has 0 aliphatic carbocycles. The number of aromatic nitrogens is 1. The normalized spacial score (nSPS) is 16.5. The fourth-order valence-corrected chi connectivity index (χ4v) is 4.18. The summed E-state index contributed by atoms with van der Waals surface area (Å²) in [5.41, 5.74) is 0.0640. The molecule has 0 spiro atoms. The van der Waals surface area contributed by atoms with Crippen molar-refractivity contribution in [1.29, 1.82) is 5.26 Å². The van der Waals surface area contributed by atoms with Crippen LogP contribution in [0.1, 0.15) is 41.5 Å². The summed E-state index contributed by atoms with van der Waals surface area (Å²) in [4.78, 5) is 20.2. The zero-order valence-electron chi connectivity index (χ0n) is 20.5. The van der Waals surface area contributed by atoms with Crippen LogP contribution in [0.15, 0.2) is 78.5 Å². The maximum absolute atomic E-state index is 13.7. The number of nitrogens with zero attached hydrogens (tertiary/aromatic N) is 4. The molecule has 1 unspecified atom stereocenters. The lowest BCUT2D eigenvalue weighted by molar-refractivity contribution is -0.274. The Morgan fingerprint density at radius 1 is 1.03 bits per heavy atom. The monoisotopic (exact) mass is 546 g/mol. The van der Waals surface area contributed by atoms with E-state index in [2.05, 4.69) is 9.72 Å². The second-order valence-corrected chi connectivity index (χ2v) is 8.68. The van der Waals surface area contributed by atoms with Gasteiger partial charge < -0.3 is 9.64 Å². The molecule has 0 fully saturated rings. The summed E-state index contributed by atoms with van der Waals surface area (Å²) in [6.45, 7) is 1.58. The molecule has 2 atom stereocenters. The van der Waals surface area contributed by atoms with E-state index in [-0.39, 0.29) is 11.4 Å². The van der Waals surface area contributed by atoms with Crippen LogP contribution in [-0.4, -0.2) is 29.2 Å². The van der Waals surface area contributed by atoms with Gasteiger partial charge in [0.25, 0.3) is 5.91 Å². The number of alkyl halides is 6. The van der Waals surface area contributed by atoms with E-state index < -0.39 is 42.0 Å². The fraction of sp³-hybridized carbons (Fsp3) is 0.222. The number of hydrogen-bond acceptors (Lipinski definition) is 5. The molecule has 1 aliphatic heterocycles. The minimum Gasteiger partial charge on any atom is -0.406 e. The molecule has 0 saturated carbocycles. The molecule has 2 aromatic carbocycles. The highest BCUT2D eigenvalue weighted by molar-refractivity contribution is 6.08. The molecule has 0 saturated heterocycles. The third kappa shape index (κ3) is 5.98. The first kappa shape index (κ1) is 27.5. The minimum absolute atomic E-state index is 0.0648. The van der Waals surface area contributed by atoms with Gasteiger partial charge in [-0.15, -0.1) is 13.2 Å². The van der Waals surface area contributed by atoms with E-state index in [1.807, 2.05) is 6.07 Å². The number of hydrogen-bond donors (Lipinski definition) is 0. The quantitative estimate of drug-likeness (QED) is 0.329. The van der Waals surface area contributed by atoms with Crippen LogP contribution in [0.25, 0.3) is 0 Å². The number of carbonyl (C=O) groups is 1. The summed E-state index contributed by atoms with van der Waals surface area (Å²) >= 11 is 0. The molecule has 1 aromatic heterocycles. The van der Waals surface area contributed by atoms with Crippen LogP contribution in [0, 0.1) is 11.3 Å². The second kappa shape index (κ2) is 10.3. The first-order valence-electron chi connectivity index (χ1n) is 11.5. The Morgan fingerprint density at radius 2 is 1.69 bits per heavy atom. The zero-order chi connectivity index (χ0) is 28.5. The predicted molar refractivity (Wildman–Crippen MR) is 128 cm³/mol. The summed E-state index contributed by atoms with van der Waals surface area (Å²) in [6, 6.07) is 14.9. The molecule has 0 N–H and O–H groups in total. The second-order valence-electron chi connectivity index (χ2n) is 8.68. The summed E-state index contributed by atoms with van der Waals surface area (Å²) in [7, 11) is 1.51. The van der Waals surface area contributed by atoms with Gasteiger partial charge in [-0.1, -0.05) is 18.2 Å². The van der Waals surface area contributed by atoms with Crippen LogP contribution in [0.4, 0.5) is 32.0 Å². The van der Waals surface area contributed by atoms with Crippen LogP contribution >= 0.6 is 0 Å². The van der Waals surface area contributed by atoms with Gasteiger partial charge in [0, 0.05) is 12.7 Å². The molecule has 202 valence electrons. The number of ether oxygens (including phenoxy) is 1. The maximum atomic E-state index is 13.7. The lowest BCUT2D eigenvalue weighted by Gasteiger charge is -2.29. The Labute approximate surface area is 219 Å². The van der Waals surface area contributed by atoms with E-state index in [0.29, 0.717) is 16.8 Å². The van der Waals surface area contributed by atoms with E-state index in [4.69, 9.17) is 5.26 Å². The first-order chi connectivity index (χ1) is 18.3. The summed E-state index contributed by atoms with van der Waals surface area (Å²) in [5.74, 6) is -1.03. The Morgan fingerprint density at radius 3 is 2.31 bits per heavy atom. The minimum atomic E-state index is -4.93. The molecule has 12 heteroatoms. The van der Waals surface area contributed by atoms with Gasteiger partial charge in [-0.05, 0) is 67.1 Å². The average molecular weight is 546 g/mol. The molecule has 1 aliphatic rings. The molecule has 6 nitrogen and oxygen atoms in total.